The number of aliphatic carboxylic acids is 1. The fraction of sp³-hybridized carbons (Fsp3) is 0.781. The van der Waals surface area contributed by atoms with Crippen LogP contribution in [0.3, 0.4) is 0 Å². The second-order valence-corrected chi connectivity index (χ2v) is 14.3. The van der Waals surface area contributed by atoms with Crippen LogP contribution in [0.2, 0.25) is 0 Å². The van der Waals surface area contributed by atoms with Gasteiger partial charge in [0.05, 0.1) is 5.92 Å². The first-order valence-corrected chi connectivity index (χ1v) is 14.6. The number of carboxylic acids is 1. The van der Waals surface area contributed by atoms with Crippen LogP contribution in [0.1, 0.15) is 107 Å². The van der Waals surface area contributed by atoms with Gasteiger partial charge in [0.15, 0.2) is 5.78 Å². The van der Waals surface area contributed by atoms with Crippen LogP contribution in [0.4, 0.5) is 0 Å². The average molecular weight is 543 g/mol. The van der Waals surface area contributed by atoms with E-state index in [1.165, 1.54) is 6.92 Å². The van der Waals surface area contributed by atoms with Crippen LogP contribution in [0.5, 0.6) is 0 Å². The molecule has 0 aromatic rings. The molecule has 0 heterocycles. The second-order valence-electron chi connectivity index (χ2n) is 14.3. The monoisotopic (exact) mass is 542 g/mol. The molecule has 0 aromatic carbocycles. The smallest absolute Gasteiger partial charge is 0.306 e. The molecule has 39 heavy (non-hydrogen) atoms. The summed E-state index contributed by atoms with van der Waals surface area (Å²) in [7, 11) is 0. The summed E-state index contributed by atoms with van der Waals surface area (Å²) in [5.74, 6) is -1.85. The Morgan fingerprint density at radius 3 is 2.26 bits per heavy atom. The quantitative estimate of drug-likeness (QED) is 0.408. The lowest BCUT2D eigenvalue weighted by Gasteiger charge is -2.60. The Hall–Kier alpha value is -2.31. The van der Waals surface area contributed by atoms with Crippen molar-refractivity contribution >= 4 is 29.3 Å². The van der Waals surface area contributed by atoms with E-state index in [9.17, 15) is 29.1 Å². The summed E-state index contributed by atoms with van der Waals surface area (Å²) in [6.45, 7) is 15.5. The van der Waals surface area contributed by atoms with Crippen molar-refractivity contribution in [1.29, 1.82) is 0 Å². The molecule has 0 saturated heterocycles. The molecule has 1 N–H and O–H groups in total. The molecule has 4 aliphatic carbocycles. The maximum atomic E-state index is 14.2. The molecule has 8 atom stereocenters. The molecule has 0 bridgehead atoms. The molecule has 8 unspecified atom stereocenters. The van der Waals surface area contributed by atoms with E-state index in [1.807, 2.05) is 20.8 Å². The molecule has 7 heteroatoms. The Morgan fingerprint density at radius 2 is 1.67 bits per heavy atom. The van der Waals surface area contributed by atoms with Crippen LogP contribution in [0.25, 0.3) is 0 Å². The van der Waals surface area contributed by atoms with E-state index in [-0.39, 0.29) is 53.9 Å². The third-order valence-electron chi connectivity index (χ3n) is 11.8. The first kappa shape index (κ1) is 29.7. The number of esters is 1. The van der Waals surface area contributed by atoms with Crippen molar-refractivity contribution in [2.24, 2.45) is 45.3 Å². The summed E-state index contributed by atoms with van der Waals surface area (Å²) < 4.78 is 6.04. The maximum Gasteiger partial charge on any atom is 0.306 e. The summed E-state index contributed by atoms with van der Waals surface area (Å²) in [4.78, 5) is 63.6. The summed E-state index contributed by atoms with van der Waals surface area (Å²) in [5, 5.41) is 9.25. The number of rotatable bonds is 7. The van der Waals surface area contributed by atoms with Gasteiger partial charge in [-0.2, -0.15) is 0 Å². The molecule has 2 fully saturated rings. The second kappa shape index (κ2) is 9.66. The minimum Gasteiger partial charge on any atom is -0.481 e. The van der Waals surface area contributed by atoms with Gasteiger partial charge in [-0.25, -0.2) is 0 Å². The number of ketones is 3. The van der Waals surface area contributed by atoms with Crippen LogP contribution < -0.4 is 0 Å². The Bertz CT molecular complexity index is 1150. The highest BCUT2D eigenvalue weighted by atomic mass is 16.5. The van der Waals surface area contributed by atoms with Crippen molar-refractivity contribution in [2.45, 2.75) is 113 Å². The van der Waals surface area contributed by atoms with Crippen LogP contribution in [-0.4, -0.2) is 40.5 Å². The molecule has 2 saturated carbocycles. The number of hydrogen-bond acceptors (Lipinski definition) is 6. The van der Waals surface area contributed by atoms with Gasteiger partial charge in [-0.3, -0.25) is 24.0 Å². The van der Waals surface area contributed by atoms with Gasteiger partial charge in [0.1, 0.15) is 17.7 Å². The number of fused-ring (bicyclic) bond motifs is 4. The van der Waals surface area contributed by atoms with E-state index in [1.54, 1.807) is 6.92 Å². The number of allylic oxidation sites excluding steroid dienone is 1. The van der Waals surface area contributed by atoms with Crippen LogP contribution in [-0.2, 0) is 28.7 Å². The Kier molecular flexibility index (Phi) is 7.35. The van der Waals surface area contributed by atoms with Crippen molar-refractivity contribution < 1.29 is 33.8 Å². The van der Waals surface area contributed by atoms with E-state index in [4.69, 9.17) is 4.74 Å². The molecule has 0 aliphatic heterocycles. The van der Waals surface area contributed by atoms with Crippen molar-refractivity contribution in [2.75, 3.05) is 0 Å². The lowest BCUT2D eigenvalue weighted by Crippen LogP contribution is -2.57. The standard InChI is InChI=1S/C32H46O7/c1-17(13-20(34)14-18(2)28(37)38)22-15-26(39-19(3)33)32(8)21-9-10-24-29(4,5)25(36)11-12-30(24,6)27(21)23(35)16-31(22,32)7/h17-18,22,24,26H,9-16H2,1-8H3,(H,37,38). The van der Waals surface area contributed by atoms with E-state index in [0.717, 1.165) is 17.6 Å². The molecule has 0 amide bonds. The molecule has 0 radical (unpaired) electrons. The van der Waals surface area contributed by atoms with Gasteiger partial charge in [-0.15, -0.1) is 0 Å². The van der Waals surface area contributed by atoms with E-state index in [2.05, 4.69) is 20.8 Å². The summed E-state index contributed by atoms with van der Waals surface area (Å²) in [6.07, 6.45) is 3.29. The number of carbonyl (C=O) groups excluding carboxylic acids is 4. The van der Waals surface area contributed by atoms with Crippen molar-refractivity contribution in [1.82, 2.24) is 0 Å². The largest absolute Gasteiger partial charge is 0.481 e. The van der Waals surface area contributed by atoms with Crippen molar-refractivity contribution in [3.05, 3.63) is 11.1 Å². The van der Waals surface area contributed by atoms with Crippen molar-refractivity contribution in [3.63, 3.8) is 0 Å². The van der Waals surface area contributed by atoms with Gasteiger partial charge in [-0.05, 0) is 48.9 Å². The zero-order chi connectivity index (χ0) is 29.3. The lowest BCUT2D eigenvalue weighted by atomic mass is 9.43. The molecule has 4 aliphatic rings. The van der Waals surface area contributed by atoms with Crippen LogP contribution in [0.15, 0.2) is 11.1 Å². The normalized spacial score (nSPS) is 38.8. The first-order chi connectivity index (χ1) is 17.9. The van der Waals surface area contributed by atoms with Gasteiger partial charge in [0, 0.05) is 54.4 Å². The molecule has 4 rings (SSSR count). The molecule has 0 spiro atoms. The first-order valence-electron chi connectivity index (χ1n) is 14.6. The van der Waals surface area contributed by atoms with Gasteiger partial charge in [-0.1, -0.05) is 54.0 Å². The molecule has 216 valence electrons. The topological polar surface area (TPSA) is 115 Å². The van der Waals surface area contributed by atoms with E-state index < -0.39 is 39.7 Å². The predicted octanol–water partition coefficient (Wildman–Crippen LogP) is 5.73. The van der Waals surface area contributed by atoms with E-state index >= 15 is 0 Å². The SMILES string of the molecule is CC(=O)OC1CC(C(C)CC(=O)CC(C)C(=O)O)C2(C)CC(=O)C3=C(CCC4C(C)(C)C(=O)CCC34C)C12C. The number of carbonyl (C=O) groups is 5. The van der Waals surface area contributed by atoms with Gasteiger partial charge < -0.3 is 9.84 Å². The Morgan fingerprint density at radius 1 is 1.03 bits per heavy atom. The minimum absolute atomic E-state index is 0.0176. The Balaban J connectivity index is 1.77. The highest BCUT2D eigenvalue weighted by molar-refractivity contribution is 6.01. The minimum atomic E-state index is -0.986. The fourth-order valence-electron chi connectivity index (χ4n) is 9.60. The molecule has 7 nitrogen and oxygen atoms in total. The van der Waals surface area contributed by atoms with Crippen molar-refractivity contribution in [3.8, 4) is 0 Å². The maximum absolute atomic E-state index is 14.2. The van der Waals surface area contributed by atoms with Gasteiger partial charge in [0.2, 0.25) is 0 Å². The lowest BCUT2D eigenvalue weighted by molar-refractivity contribution is -0.154. The van der Waals surface area contributed by atoms with Crippen LogP contribution >= 0.6 is 0 Å². The third kappa shape index (κ3) is 4.33. The summed E-state index contributed by atoms with van der Waals surface area (Å²) in [6, 6.07) is 0. The van der Waals surface area contributed by atoms with Gasteiger partial charge in [0.25, 0.3) is 0 Å². The molecular formula is C32H46O7. The van der Waals surface area contributed by atoms with E-state index in [0.29, 0.717) is 32.1 Å². The number of hydrogen-bond donors (Lipinski definition) is 1. The summed E-state index contributed by atoms with van der Waals surface area (Å²) in [5.41, 5.74) is -0.0293. The van der Waals surface area contributed by atoms with Crippen LogP contribution in [0, 0.1) is 45.3 Å². The number of ether oxygens (including phenoxy) is 1. The predicted molar refractivity (Wildman–Crippen MR) is 146 cm³/mol. The summed E-state index contributed by atoms with van der Waals surface area (Å²) >= 11 is 0. The molecule has 0 aromatic heterocycles. The highest BCUT2D eigenvalue weighted by Gasteiger charge is 2.69. The highest BCUT2D eigenvalue weighted by Crippen LogP contribution is 2.72. The third-order valence-corrected chi connectivity index (χ3v) is 11.8. The fourth-order valence-corrected chi connectivity index (χ4v) is 9.60. The number of Topliss-reactive ketones (excluding diaryl/α,β-unsaturated/α-hetero) is 3. The zero-order valence-corrected chi connectivity index (χ0v) is 24.9. The Labute approximate surface area is 232 Å². The zero-order valence-electron chi connectivity index (χ0n) is 24.9. The van der Waals surface area contributed by atoms with Gasteiger partial charge >= 0.3 is 11.9 Å². The number of carboxylic acid groups (broad SMARTS) is 1. The molecular weight excluding hydrogens is 496 g/mol. The average Bonchev–Trinajstić information content (AvgIpc) is 3.03.